The molecule has 1 aromatic heterocycles. The Morgan fingerprint density at radius 2 is 2.21 bits per heavy atom. The molecule has 5 heteroatoms. The molecular weight excluding hydrogens is 222 g/mol. The van der Waals surface area contributed by atoms with Crippen LogP contribution in [0.1, 0.15) is 18.2 Å². The zero-order valence-electron chi connectivity index (χ0n) is 7.46. The van der Waals surface area contributed by atoms with Gasteiger partial charge in [-0.2, -0.15) is 0 Å². The van der Waals surface area contributed by atoms with Crippen molar-refractivity contribution < 1.29 is 9.59 Å². The van der Waals surface area contributed by atoms with Crippen molar-refractivity contribution in [2.24, 2.45) is 0 Å². The maximum absolute atomic E-state index is 11.5. The van der Waals surface area contributed by atoms with Gasteiger partial charge in [0.05, 0.1) is 9.75 Å². The smallest absolute Gasteiger partial charge is 0.238 e. The predicted molar refractivity (Wildman–Crippen MR) is 54.4 cm³/mol. The lowest BCUT2D eigenvalue weighted by molar-refractivity contribution is -0.126. The molecule has 0 radical (unpaired) electrons. The molecule has 1 N–H and O–H groups in total. The number of amides is 2. The minimum atomic E-state index is -0.727. The lowest BCUT2D eigenvalue weighted by Crippen LogP contribution is -2.31. The summed E-state index contributed by atoms with van der Waals surface area (Å²) in [4.78, 5) is 23.5. The van der Waals surface area contributed by atoms with E-state index in [0.717, 1.165) is 4.88 Å². The number of carbonyl (C=O) groups excluding carboxylic acids is 2. The van der Waals surface area contributed by atoms with Crippen LogP contribution < -0.4 is 5.32 Å². The van der Waals surface area contributed by atoms with Gasteiger partial charge >= 0.3 is 0 Å². The standard InChI is InChI=1S/C9H8ClNO2S/c1-9(4-7(12)11-8(9)13)5-2-3-6(10)14-5/h2-3H,4H2,1H3,(H,11,12,13). The highest BCUT2D eigenvalue weighted by Gasteiger charge is 2.44. The van der Waals surface area contributed by atoms with Crippen molar-refractivity contribution in [3.8, 4) is 0 Å². The topological polar surface area (TPSA) is 46.2 Å². The largest absolute Gasteiger partial charge is 0.296 e. The molecule has 0 spiro atoms. The Kier molecular flexibility index (Phi) is 2.12. The van der Waals surface area contributed by atoms with Crippen molar-refractivity contribution in [2.45, 2.75) is 18.8 Å². The summed E-state index contributed by atoms with van der Waals surface area (Å²) in [6.45, 7) is 1.76. The predicted octanol–water partition coefficient (Wildman–Crippen LogP) is 1.71. The van der Waals surface area contributed by atoms with E-state index in [1.807, 2.05) is 0 Å². The summed E-state index contributed by atoms with van der Waals surface area (Å²) in [5, 5.41) is 2.30. The quantitative estimate of drug-likeness (QED) is 0.746. The van der Waals surface area contributed by atoms with Gasteiger partial charge in [0.25, 0.3) is 0 Å². The second-order valence-electron chi connectivity index (χ2n) is 3.49. The SMILES string of the molecule is CC1(c2ccc(Cl)s2)CC(=O)NC1=O. The van der Waals surface area contributed by atoms with E-state index >= 15 is 0 Å². The highest BCUT2D eigenvalue weighted by molar-refractivity contribution is 7.16. The lowest BCUT2D eigenvalue weighted by atomic mass is 9.87. The first-order valence-electron chi connectivity index (χ1n) is 4.12. The van der Waals surface area contributed by atoms with Crippen LogP contribution >= 0.6 is 22.9 Å². The van der Waals surface area contributed by atoms with Crippen LogP contribution in [0.2, 0.25) is 4.34 Å². The Morgan fingerprint density at radius 3 is 2.64 bits per heavy atom. The third kappa shape index (κ3) is 1.35. The molecule has 2 amide bonds. The summed E-state index contributed by atoms with van der Waals surface area (Å²) >= 11 is 7.13. The van der Waals surface area contributed by atoms with Gasteiger partial charge in [0.2, 0.25) is 11.8 Å². The van der Waals surface area contributed by atoms with E-state index in [1.54, 1.807) is 19.1 Å². The van der Waals surface area contributed by atoms with Gasteiger partial charge in [-0.3, -0.25) is 14.9 Å². The van der Waals surface area contributed by atoms with Crippen LogP contribution in [0.5, 0.6) is 0 Å². The molecule has 0 saturated carbocycles. The summed E-state index contributed by atoms with van der Waals surface area (Å²) in [5.74, 6) is -0.456. The third-order valence-corrected chi connectivity index (χ3v) is 3.88. The molecule has 1 atom stereocenters. The number of thiophene rings is 1. The maximum atomic E-state index is 11.5. The van der Waals surface area contributed by atoms with Crippen LogP contribution in [0.25, 0.3) is 0 Å². The molecule has 74 valence electrons. The van der Waals surface area contributed by atoms with E-state index in [4.69, 9.17) is 11.6 Å². The first-order valence-corrected chi connectivity index (χ1v) is 5.32. The van der Waals surface area contributed by atoms with Crippen molar-refractivity contribution in [3.05, 3.63) is 21.3 Å². The van der Waals surface area contributed by atoms with Crippen LogP contribution in [0.15, 0.2) is 12.1 Å². The van der Waals surface area contributed by atoms with Gasteiger partial charge in [-0.15, -0.1) is 11.3 Å². The van der Waals surface area contributed by atoms with Crippen LogP contribution in [0, 0.1) is 0 Å². The molecule has 2 rings (SSSR count). The zero-order chi connectivity index (χ0) is 10.3. The Bertz CT molecular complexity index is 415. The number of hydrogen-bond donors (Lipinski definition) is 1. The Balaban J connectivity index is 2.42. The molecular formula is C9H8ClNO2S. The first kappa shape index (κ1) is 9.68. The van der Waals surface area contributed by atoms with Crippen molar-refractivity contribution in [2.75, 3.05) is 0 Å². The maximum Gasteiger partial charge on any atom is 0.238 e. The van der Waals surface area contributed by atoms with Gasteiger partial charge in [0.15, 0.2) is 0 Å². The van der Waals surface area contributed by atoms with Crippen LogP contribution in [0.4, 0.5) is 0 Å². The van der Waals surface area contributed by atoms with Crippen LogP contribution in [-0.4, -0.2) is 11.8 Å². The van der Waals surface area contributed by atoms with Gasteiger partial charge < -0.3 is 0 Å². The van der Waals surface area contributed by atoms with E-state index < -0.39 is 5.41 Å². The van der Waals surface area contributed by atoms with Crippen LogP contribution in [0.3, 0.4) is 0 Å². The summed E-state index contributed by atoms with van der Waals surface area (Å²) in [6, 6.07) is 3.54. The summed E-state index contributed by atoms with van der Waals surface area (Å²) < 4.78 is 0.633. The number of hydrogen-bond acceptors (Lipinski definition) is 3. The summed E-state index contributed by atoms with van der Waals surface area (Å²) in [7, 11) is 0. The Morgan fingerprint density at radius 1 is 1.50 bits per heavy atom. The number of halogens is 1. The number of nitrogens with one attached hydrogen (secondary N) is 1. The second kappa shape index (κ2) is 3.07. The van der Waals surface area contributed by atoms with Crippen molar-refractivity contribution >= 4 is 34.8 Å². The van der Waals surface area contributed by atoms with Crippen molar-refractivity contribution in [3.63, 3.8) is 0 Å². The third-order valence-electron chi connectivity index (χ3n) is 2.39. The van der Waals surface area contributed by atoms with Crippen molar-refractivity contribution in [1.29, 1.82) is 0 Å². The van der Waals surface area contributed by atoms with E-state index in [-0.39, 0.29) is 18.2 Å². The van der Waals surface area contributed by atoms with Crippen molar-refractivity contribution in [1.82, 2.24) is 5.32 Å². The number of imide groups is 1. The number of rotatable bonds is 1. The fraction of sp³-hybridized carbons (Fsp3) is 0.333. The minimum absolute atomic E-state index is 0.211. The van der Waals surface area contributed by atoms with Gasteiger partial charge in [-0.05, 0) is 19.1 Å². The lowest BCUT2D eigenvalue weighted by Gasteiger charge is -2.16. The molecule has 1 aliphatic heterocycles. The molecule has 2 heterocycles. The molecule has 0 aliphatic carbocycles. The fourth-order valence-electron chi connectivity index (χ4n) is 1.52. The molecule has 1 aromatic rings. The number of carbonyl (C=O) groups is 2. The minimum Gasteiger partial charge on any atom is -0.296 e. The molecule has 1 fully saturated rings. The Labute approximate surface area is 90.1 Å². The summed E-state index contributed by atoms with van der Waals surface area (Å²) in [6.07, 6.45) is 0.211. The average molecular weight is 230 g/mol. The molecule has 14 heavy (non-hydrogen) atoms. The highest BCUT2D eigenvalue weighted by atomic mass is 35.5. The second-order valence-corrected chi connectivity index (χ2v) is 5.21. The first-order chi connectivity index (χ1) is 6.52. The highest BCUT2D eigenvalue weighted by Crippen LogP contribution is 2.37. The van der Waals surface area contributed by atoms with Gasteiger partial charge in [0, 0.05) is 11.3 Å². The molecule has 1 aliphatic rings. The van der Waals surface area contributed by atoms with Gasteiger partial charge in [0.1, 0.15) is 0 Å². The molecule has 3 nitrogen and oxygen atoms in total. The van der Waals surface area contributed by atoms with Crippen LogP contribution in [-0.2, 0) is 15.0 Å². The van der Waals surface area contributed by atoms with Gasteiger partial charge in [-0.25, -0.2) is 0 Å². The van der Waals surface area contributed by atoms with E-state index in [2.05, 4.69) is 5.32 Å². The molecule has 1 unspecified atom stereocenters. The molecule has 1 saturated heterocycles. The Hall–Kier alpha value is -0.870. The van der Waals surface area contributed by atoms with E-state index in [9.17, 15) is 9.59 Å². The monoisotopic (exact) mass is 229 g/mol. The normalized spacial score (nSPS) is 26.7. The molecule has 0 aromatic carbocycles. The van der Waals surface area contributed by atoms with Gasteiger partial charge in [-0.1, -0.05) is 11.6 Å². The zero-order valence-corrected chi connectivity index (χ0v) is 9.04. The summed E-state index contributed by atoms with van der Waals surface area (Å²) in [5.41, 5.74) is -0.727. The average Bonchev–Trinajstić information content (AvgIpc) is 2.59. The fourth-order valence-corrected chi connectivity index (χ4v) is 2.70. The molecule has 0 bridgehead atoms. The van der Waals surface area contributed by atoms with E-state index in [0.29, 0.717) is 4.34 Å². The van der Waals surface area contributed by atoms with E-state index in [1.165, 1.54) is 11.3 Å².